The highest BCUT2D eigenvalue weighted by Crippen LogP contribution is 2.38. The molecule has 0 atom stereocenters. The zero-order chi connectivity index (χ0) is 16.0. The van der Waals surface area contributed by atoms with Gasteiger partial charge in [-0.15, -0.1) is 0 Å². The summed E-state index contributed by atoms with van der Waals surface area (Å²) < 4.78 is 33.4. The highest BCUT2D eigenvalue weighted by Gasteiger charge is 2.23. The van der Waals surface area contributed by atoms with Crippen LogP contribution in [0.15, 0.2) is 71.8 Å². The van der Waals surface area contributed by atoms with Gasteiger partial charge in [0.1, 0.15) is 0 Å². The number of benzene rings is 3. The van der Waals surface area contributed by atoms with E-state index in [1.165, 1.54) is 0 Å². The fourth-order valence-corrected chi connectivity index (χ4v) is 3.74. The van der Waals surface area contributed by atoms with Crippen molar-refractivity contribution in [1.29, 1.82) is 0 Å². The minimum Gasteiger partial charge on any atom is -0.343 e. The van der Waals surface area contributed by atoms with Gasteiger partial charge in [0.15, 0.2) is 5.03 Å². The Kier molecular flexibility index (Phi) is 3.01. The molecule has 0 saturated carbocycles. The van der Waals surface area contributed by atoms with Gasteiger partial charge in [-0.2, -0.15) is 8.42 Å². The van der Waals surface area contributed by atoms with Gasteiger partial charge in [-0.1, -0.05) is 60.7 Å². The summed E-state index contributed by atoms with van der Waals surface area (Å²) in [5.41, 5.74) is 1.94. The predicted molar refractivity (Wildman–Crippen MR) is 91.1 cm³/mol. The molecule has 4 aromatic rings. The second-order valence-corrected chi connectivity index (χ2v) is 6.73. The molecule has 5 heteroatoms. The summed E-state index contributed by atoms with van der Waals surface area (Å²) >= 11 is 0. The van der Waals surface area contributed by atoms with Gasteiger partial charge in [0, 0.05) is 16.5 Å². The largest absolute Gasteiger partial charge is 0.343 e. The normalized spacial score (nSPS) is 12.0. The second-order valence-electron chi connectivity index (χ2n) is 5.38. The molecule has 0 spiro atoms. The van der Waals surface area contributed by atoms with E-state index in [1.807, 2.05) is 60.7 Å². The van der Waals surface area contributed by atoms with Crippen molar-refractivity contribution in [3.8, 4) is 11.1 Å². The molecule has 1 aromatic heterocycles. The lowest BCUT2D eigenvalue weighted by molar-refractivity contribution is 0.480. The maximum absolute atomic E-state index is 11.9. The van der Waals surface area contributed by atoms with Crippen molar-refractivity contribution in [3.05, 3.63) is 66.7 Å². The van der Waals surface area contributed by atoms with Crippen molar-refractivity contribution < 1.29 is 13.0 Å². The molecule has 0 bridgehead atoms. The van der Waals surface area contributed by atoms with Gasteiger partial charge in [-0.05, 0) is 22.4 Å². The van der Waals surface area contributed by atoms with Crippen molar-refractivity contribution in [2.24, 2.45) is 0 Å². The lowest BCUT2D eigenvalue weighted by atomic mass is 9.98. The van der Waals surface area contributed by atoms with E-state index in [0.29, 0.717) is 11.1 Å². The first-order chi connectivity index (χ1) is 11.1. The zero-order valence-electron chi connectivity index (χ0n) is 12.0. The number of hydrogen-bond donors (Lipinski definition) is 2. The number of aromatic amines is 1. The molecule has 0 aliphatic carbocycles. The van der Waals surface area contributed by atoms with Crippen LogP contribution < -0.4 is 0 Å². The summed E-state index contributed by atoms with van der Waals surface area (Å²) in [6.07, 6.45) is 0. The Morgan fingerprint density at radius 2 is 1.43 bits per heavy atom. The standard InChI is InChI=1S/C18H13NO3S/c20-23(21,22)18-17(15-9-3-4-11-16(15)19-18)14-10-5-7-12-6-1-2-8-13(12)14/h1-11,19H,(H,20,21,22). The van der Waals surface area contributed by atoms with Crippen LogP contribution >= 0.6 is 0 Å². The summed E-state index contributed by atoms with van der Waals surface area (Å²) in [6, 6.07) is 20.8. The topological polar surface area (TPSA) is 70.2 Å². The molecule has 0 amide bonds. The van der Waals surface area contributed by atoms with Crippen LogP contribution in [0.5, 0.6) is 0 Å². The third-order valence-corrected chi connectivity index (χ3v) is 4.81. The second kappa shape index (κ2) is 4.94. The van der Waals surface area contributed by atoms with Gasteiger partial charge in [-0.3, -0.25) is 4.55 Å². The zero-order valence-corrected chi connectivity index (χ0v) is 12.8. The molecule has 1 heterocycles. The highest BCUT2D eigenvalue weighted by molar-refractivity contribution is 7.85. The lowest BCUT2D eigenvalue weighted by Crippen LogP contribution is -2.00. The molecule has 0 radical (unpaired) electrons. The Bertz CT molecular complexity index is 1140. The van der Waals surface area contributed by atoms with Gasteiger partial charge in [-0.25, -0.2) is 0 Å². The fourth-order valence-electron chi connectivity index (χ4n) is 3.02. The number of aromatic nitrogens is 1. The van der Waals surface area contributed by atoms with E-state index in [1.54, 1.807) is 6.07 Å². The van der Waals surface area contributed by atoms with E-state index in [4.69, 9.17) is 0 Å². The lowest BCUT2D eigenvalue weighted by Gasteiger charge is -2.07. The van der Waals surface area contributed by atoms with Crippen LogP contribution in [0.25, 0.3) is 32.8 Å². The van der Waals surface area contributed by atoms with Crippen molar-refractivity contribution in [2.45, 2.75) is 5.03 Å². The van der Waals surface area contributed by atoms with E-state index < -0.39 is 10.1 Å². The molecule has 3 aromatic carbocycles. The maximum atomic E-state index is 11.9. The van der Waals surface area contributed by atoms with Gasteiger partial charge in [0.05, 0.1) is 0 Å². The number of fused-ring (bicyclic) bond motifs is 2. The number of para-hydroxylation sites is 1. The minimum absolute atomic E-state index is 0.171. The van der Waals surface area contributed by atoms with E-state index in [0.717, 1.165) is 21.7 Å². The first kappa shape index (κ1) is 14.0. The molecule has 0 aliphatic rings. The fraction of sp³-hybridized carbons (Fsp3) is 0. The van der Waals surface area contributed by atoms with Crippen LogP contribution in [0, 0.1) is 0 Å². The molecule has 2 N–H and O–H groups in total. The summed E-state index contributed by atoms with van der Waals surface area (Å²) in [5.74, 6) is 0. The Labute approximate surface area is 133 Å². The Morgan fingerprint density at radius 1 is 0.783 bits per heavy atom. The van der Waals surface area contributed by atoms with Crippen LogP contribution in [0.4, 0.5) is 0 Å². The molecular weight excluding hydrogens is 310 g/mol. The number of rotatable bonds is 2. The molecule has 0 fully saturated rings. The van der Waals surface area contributed by atoms with E-state index in [2.05, 4.69) is 4.98 Å². The highest BCUT2D eigenvalue weighted by atomic mass is 32.2. The monoisotopic (exact) mass is 323 g/mol. The molecule has 4 nitrogen and oxygen atoms in total. The number of H-pyrrole nitrogens is 1. The van der Waals surface area contributed by atoms with Gasteiger partial charge < -0.3 is 4.98 Å². The van der Waals surface area contributed by atoms with E-state index in [-0.39, 0.29) is 5.03 Å². The third-order valence-electron chi connectivity index (χ3n) is 3.99. The van der Waals surface area contributed by atoms with Gasteiger partial charge in [0.2, 0.25) is 0 Å². The van der Waals surface area contributed by atoms with Crippen molar-refractivity contribution in [3.63, 3.8) is 0 Å². The van der Waals surface area contributed by atoms with E-state index >= 15 is 0 Å². The quantitative estimate of drug-likeness (QED) is 0.542. The number of hydrogen-bond acceptors (Lipinski definition) is 2. The average Bonchev–Trinajstić information content (AvgIpc) is 2.94. The van der Waals surface area contributed by atoms with Crippen LogP contribution in [0.3, 0.4) is 0 Å². The van der Waals surface area contributed by atoms with Crippen molar-refractivity contribution >= 4 is 31.8 Å². The van der Waals surface area contributed by atoms with Crippen molar-refractivity contribution in [1.82, 2.24) is 4.98 Å². The Morgan fingerprint density at radius 3 is 2.22 bits per heavy atom. The molecule has 0 aliphatic heterocycles. The predicted octanol–water partition coefficient (Wildman–Crippen LogP) is 4.23. The molecule has 114 valence electrons. The molecule has 4 rings (SSSR count). The molecule has 0 saturated heterocycles. The minimum atomic E-state index is -4.37. The van der Waals surface area contributed by atoms with Crippen LogP contribution in [-0.4, -0.2) is 18.0 Å². The summed E-state index contributed by atoms with van der Waals surface area (Å²) in [4.78, 5) is 2.83. The maximum Gasteiger partial charge on any atom is 0.310 e. The summed E-state index contributed by atoms with van der Waals surface area (Å²) in [7, 11) is -4.37. The van der Waals surface area contributed by atoms with Crippen LogP contribution in [0.1, 0.15) is 0 Å². The summed E-state index contributed by atoms with van der Waals surface area (Å²) in [5, 5.41) is 2.53. The third kappa shape index (κ3) is 2.21. The number of nitrogens with one attached hydrogen (secondary N) is 1. The first-order valence-electron chi connectivity index (χ1n) is 7.12. The molecular formula is C18H13NO3S. The van der Waals surface area contributed by atoms with Crippen LogP contribution in [0.2, 0.25) is 0 Å². The van der Waals surface area contributed by atoms with Gasteiger partial charge in [0.25, 0.3) is 0 Å². The smallest absolute Gasteiger partial charge is 0.310 e. The molecule has 0 unspecified atom stereocenters. The summed E-state index contributed by atoms with van der Waals surface area (Å²) in [6.45, 7) is 0. The SMILES string of the molecule is O=S(=O)(O)c1[nH]c2ccccc2c1-c1cccc2ccccc12. The average molecular weight is 323 g/mol. The van der Waals surface area contributed by atoms with Crippen LogP contribution in [-0.2, 0) is 10.1 Å². The van der Waals surface area contributed by atoms with E-state index in [9.17, 15) is 13.0 Å². The Hall–Kier alpha value is -2.63. The van der Waals surface area contributed by atoms with Crippen molar-refractivity contribution in [2.75, 3.05) is 0 Å². The Balaban J connectivity index is 2.20. The van der Waals surface area contributed by atoms with Gasteiger partial charge >= 0.3 is 10.1 Å². The molecule has 23 heavy (non-hydrogen) atoms. The first-order valence-corrected chi connectivity index (χ1v) is 8.56.